The van der Waals surface area contributed by atoms with E-state index in [1.165, 1.54) is 6.92 Å². The van der Waals surface area contributed by atoms with E-state index in [9.17, 15) is 24.9 Å². The summed E-state index contributed by atoms with van der Waals surface area (Å²) in [6.07, 6.45) is 4.16. The van der Waals surface area contributed by atoms with Crippen LogP contribution in [-0.4, -0.2) is 44.4 Å². The number of hydrogen-bond donors (Lipinski definition) is 4. The van der Waals surface area contributed by atoms with Crippen molar-refractivity contribution < 1.29 is 24.9 Å². The summed E-state index contributed by atoms with van der Waals surface area (Å²) in [5.41, 5.74) is -3.84. The SMILES string of the molecule is CCC[C@H]1C(=O)N[C@](C(=O)O)([C@@H](O)C2CCCCC2)[C@@]1(C)O. The zero-order valence-corrected chi connectivity index (χ0v) is 13.3. The fourth-order valence-electron chi connectivity index (χ4n) is 4.21. The number of aliphatic carboxylic acids is 1. The van der Waals surface area contributed by atoms with Gasteiger partial charge in [-0.1, -0.05) is 32.6 Å². The Balaban J connectivity index is 2.39. The average Bonchev–Trinajstić information content (AvgIpc) is 2.68. The molecule has 2 rings (SSSR count). The third kappa shape index (κ3) is 2.42. The van der Waals surface area contributed by atoms with Crippen molar-refractivity contribution in [2.75, 3.05) is 0 Å². The van der Waals surface area contributed by atoms with Gasteiger partial charge in [0, 0.05) is 0 Å². The molecule has 6 heteroatoms. The third-order valence-electron chi connectivity index (χ3n) is 5.57. The Bertz CT molecular complexity index is 444. The van der Waals surface area contributed by atoms with Crippen LogP contribution in [0.3, 0.4) is 0 Å². The zero-order valence-electron chi connectivity index (χ0n) is 13.3. The third-order valence-corrected chi connectivity index (χ3v) is 5.57. The van der Waals surface area contributed by atoms with Gasteiger partial charge in [-0.15, -0.1) is 0 Å². The lowest BCUT2D eigenvalue weighted by Crippen LogP contribution is -2.70. The predicted molar refractivity (Wildman–Crippen MR) is 80.1 cm³/mol. The van der Waals surface area contributed by atoms with Crippen LogP contribution >= 0.6 is 0 Å². The van der Waals surface area contributed by atoms with Gasteiger partial charge in [-0.2, -0.15) is 0 Å². The molecule has 1 heterocycles. The molecule has 0 aromatic heterocycles. The van der Waals surface area contributed by atoms with Gasteiger partial charge < -0.3 is 20.6 Å². The summed E-state index contributed by atoms with van der Waals surface area (Å²) in [6.45, 7) is 3.24. The molecule has 6 nitrogen and oxygen atoms in total. The first-order valence-electron chi connectivity index (χ1n) is 8.24. The van der Waals surface area contributed by atoms with Crippen molar-refractivity contribution in [1.82, 2.24) is 5.32 Å². The summed E-state index contributed by atoms with van der Waals surface area (Å²) in [5.74, 6) is -2.87. The van der Waals surface area contributed by atoms with Crippen molar-refractivity contribution in [2.24, 2.45) is 11.8 Å². The van der Waals surface area contributed by atoms with Crippen LogP contribution < -0.4 is 5.32 Å². The second kappa shape index (κ2) is 6.16. The van der Waals surface area contributed by atoms with Crippen molar-refractivity contribution in [3.8, 4) is 0 Å². The summed E-state index contributed by atoms with van der Waals surface area (Å²) < 4.78 is 0. The second-order valence-electron chi connectivity index (χ2n) is 6.93. The van der Waals surface area contributed by atoms with Crippen molar-refractivity contribution in [3.63, 3.8) is 0 Å². The highest BCUT2D eigenvalue weighted by molar-refractivity contribution is 5.95. The molecule has 0 radical (unpaired) electrons. The topological polar surface area (TPSA) is 107 Å². The molecule has 0 unspecified atom stereocenters. The van der Waals surface area contributed by atoms with Crippen molar-refractivity contribution in [2.45, 2.75) is 76.0 Å². The minimum Gasteiger partial charge on any atom is -0.479 e. The van der Waals surface area contributed by atoms with E-state index in [4.69, 9.17) is 0 Å². The molecule has 0 spiro atoms. The molecule has 2 aliphatic rings. The maximum atomic E-state index is 12.2. The summed E-state index contributed by atoms with van der Waals surface area (Å²) in [5, 5.41) is 33.9. The van der Waals surface area contributed by atoms with E-state index in [0.717, 1.165) is 32.1 Å². The minimum atomic E-state index is -2.02. The van der Waals surface area contributed by atoms with E-state index in [0.29, 0.717) is 12.8 Å². The molecular weight excluding hydrogens is 286 g/mol. The summed E-state index contributed by atoms with van der Waals surface area (Å²) in [6, 6.07) is 0. The maximum absolute atomic E-state index is 12.2. The van der Waals surface area contributed by atoms with Crippen LogP contribution in [0, 0.1) is 11.8 Å². The number of aliphatic hydroxyl groups is 2. The number of rotatable bonds is 5. The van der Waals surface area contributed by atoms with Gasteiger partial charge in [-0.3, -0.25) is 4.79 Å². The molecule has 0 bridgehead atoms. The van der Waals surface area contributed by atoms with Crippen LogP contribution in [0.25, 0.3) is 0 Å². The Hall–Kier alpha value is -1.14. The standard InChI is InChI=1S/C16H27NO5/c1-3-7-11-13(19)17-16(14(20)21,15(11,2)22)12(18)10-8-5-4-6-9-10/h10-12,18,22H,3-9H2,1-2H3,(H,17,19)(H,20,21)/t11-,12-,15-,16-/m0/s1. The van der Waals surface area contributed by atoms with Gasteiger partial charge in [-0.05, 0) is 32.1 Å². The van der Waals surface area contributed by atoms with Crippen LogP contribution in [0.4, 0.5) is 0 Å². The van der Waals surface area contributed by atoms with Gasteiger partial charge in [0.05, 0.1) is 12.0 Å². The molecule has 4 N–H and O–H groups in total. The zero-order chi connectivity index (χ0) is 16.5. The normalized spacial score (nSPS) is 37.8. The van der Waals surface area contributed by atoms with E-state index >= 15 is 0 Å². The first-order valence-corrected chi connectivity index (χ1v) is 8.24. The molecular formula is C16H27NO5. The summed E-state index contributed by atoms with van der Waals surface area (Å²) >= 11 is 0. The highest BCUT2D eigenvalue weighted by Crippen LogP contribution is 2.45. The maximum Gasteiger partial charge on any atom is 0.335 e. The monoisotopic (exact) mass is 313 g/mol. The number of carbonyl (C=O) groups is 2. The predicted octanol–water partition coefficient (Wildman–Crippen LogP) is 1.05. The lowest BCUT2D eigenvalue weighted by atomic mass is 9.67. The number of carboxylic acid groups (broad SMARTS) is 1. The Morgan fingerprint density at radius 1 is 1.36 bits per heavy atom. The highest BCUT2D eigenvalue weighted by atomic mass is 16.4. The Morgan fingerprint density at radius 3 is 2.45 bits per heavy atom. The van der Waals surface area contributed by atoms with E-state index in [1.54, 1.807) is 0 Å². The first kappa shape index (κ1) is 17.2. The lowest BCUT2D eigenvalue weighted by Gasteiger charge is -2.44. The van der Waals surface area contributed by atoms with E-state index in [1.807, 2.05) is 6.92 Å². The molecule has 1 aliphatic heterocycles. The Morgan fingerprint density at radius 2 is 1.95 bits per heavy atom. The van der Waals surface area contributed by atoms with Crippen molar-refractivity contribution in [1.29, 1.82) is 0 Å². The van der Waals surface area contributed by atoms with Crippen LogP contribution in [0.1, 0.15) is 58.8 Å². The van der Waals surface area contributed by atoms with E-state index in [-0.39, 0.29) is 5.92 Å². The highest BCUT2D eigenvalue weighted by Gasteiger charge is 2.69. The fourth-order valence-corrected chi connectivity index (χ4v) is 4.21. The Labute approximate surface area is 130 Å². The van der Waals surface area contributed by atoms with E-state index in [2.05, 4.69) is 5.32 Å². The molecule has 1 amide bonds. The van der Waals surface area contributed by atoms with Gasteiger partial charge >= 0.3 is 5.97 Å². The summed E-state index contributed by atoms with van der Waals surface area (Å²) in [4.78, 5) is 24.2. The average molecular weight is 313 g/mol. The molecule has 1 aliphatic carbocycles. The number of carbonyl (C=O) groups excluding carboxylic acids is 1. The van der Waals surface area contributed by atoms with Gasteiger partial charge in [0.15, 0.2) is 5.54 Å². The molecule has 4 atom stereocenters. The van der Waals surface area contributed by atoms with Crippen molar-refractivity contribution in [3.05, 3.63) is 0 Å². The van der Waals surface area contributed by atoms with Crippen molar-refractivity contribution >= 4 is 11.9 Å². The lowest BCUT2D eigenvalue weighted by molar-refractivity contribution is -0.172. The van der Waals surface area contributed by atoms with Crippen LogP contribution in [-0.2, 0) is 9.59 Å². The number of hydrogen-bond acceptors (Lipinski definition) is 4. The molecule has 2 fully saturated rings. The van der Waals surface area contributed by atoms with Crippen LogP contribution in [0.15, 0.2) is 0 Å². The van der Waals surface area contributed by atoms with Crippen LogP contribution in [0.5, 0.6) is 0 Å². The molecule has 1 saturated heterocycles. The minimum absolute atomic E-state index is 0.211. The molecule has 0 aromatic carbocycles. The molecule has 22 heavy (non-hydrogen) atoms. The number of amides is 1. The van der Waals surface area contributed by atoms with Gasteiger partial charge in [0.25, 0.3) is 0 Å². The fraction of sp³-hybridized carbons (Fsp3) is 0.875. The number of carboxylic acids is 1. The Kier molecular flexibility index (Phi) is 4.82. The molecule has 0 aromatic rings. The van der Waals surface area contributed by atoms with Crippen LogP contribution in [0.2, 0.25) is 0 Å². The number of nitrogens with one attached hydrogen (secondary N) is 1. The van der Waals surface area contributed by atoms with Gasteiger partial charge in [0.1, 0.15) is 5.60 Å². The largest absolute Gasteiger partial charge is 0.479 e. The summed E-state index contributed by atoms with van der Waals surface area (Å²) in [7, 11) is 0. The smallest absolute Gasteiger partial charge is 0.335 e. The first-order chi connectivity index (χ1) is 10.3. The van der Waals surface area contributed by atoms with E-state index < -0.39 is 35.0 Å². The quantitative estimate of drug-likeness (QED) is 0.607. The van der Waals surface area contributed by atoms with Gasteiger partial charge in [0.2, 0.25) is 5.91 Å². The molecule has 1 saturated carbocycles. The molecule has 126 valence electrons. The van der Waals surface area contributed by atoms with Gasteiger partial charge in [-0.25, -0.2) is 4.79 Å². The second-order valence-corrected chi connectivity index (χ2v) is 6.93. The number of aliphatic hydroxyl groups excluding tert-OH is 1.